The van der Waals surface area contributed by atoms with E-state index in [9.17, 15) is 0 Å². The molecule has 0 aromatic carbocycles. The largest absolute Gasteiger partial charge is 0.384 e. The zero-order chi connectivity index (χ0) is 14.1. The van der Waals surface area contributed by atoms with Crippen molar-refractivity contribution < 1.29 is 0 Å². The summed E-state index contributed by atoms with van der Waals surface area (Å²) in [6.07, 6.45) is 3.50. The molecule has 0 amide bonds. The molecule has 0 spiro atoms. The third-order valence-electron chi connectivity index (χ3n) is 4.18. The Labute approximate surface area is 119 Å². The summed E-state index contributed by atoms with van der Waals surface area (Å²) in [5.41, 5.74) is 6.76. The van der Waals surface area contributed by atoms with Crippen molar-refractivity contribution in [2.75, 3.05) is 18.8 Å². The van der Waals surface area contributed by atoms with Crippen molar-refractivity contribution in [3.05, 3.63) is 24.0 Å². The summed E-state index contributed by atoms with van der Waals surface area (Å²) in [5, 5.41) is 4.54. The van der Waals surface area contributed by atoms with Crippen LogP contribution in [0.2, 0.25) is 0 Å². The van der Waals surface area contributed by atoms with Crippen molar-refractivity contribution >= 4 is 11.5 Å². The minimum atomic E-state index is 0.627. The van der Waals surface area contributed by atoms with Gasteiger partial charge in [0.1, 0.15) is 5.82 Å². The maximum absolute atomic E-state index is 5.92. The van der Waals surface area contributed by atoms with Gasteiger partial charge in [0.25, 0.3) is 0 Å². The van der Waals surface area contributed by atoms with E-state index in [0.717, 1.165) is 24.4 Å². The van der Waals surface area contributed by atoms with Crippen LogP contribution in [0.15, 0.2) is 18.2 Å². The first-order chi connectivity index (χ1) is 9.63. The van der Waals surface area contributed by atoms with Crippen LogP contribution in [0.4, 0.5) is 5.82 Å². The Balaban J connectivity index is 1.74. The van der Waals surface area contributed by atoms with Crippen LogP contribution in [0.3, 0.4) is 0 Å². The van der Waals surface area contributed by atoms with Crippen LogP contribution >= 0.6 is 0 Å². The van der Waals surface area contributed by atoms with E-state index >= 15 is 0 Å². The number of aromatic nitrogens is 3. The highest BCUT2D eigenvalue weighted by molar-refractivity contribution is 5.45. The molecular weight excluding hydrogens is 250 g/mol. The molecule has 2 N–H and O–H groups in total. The third kappa shape index (κ3) is 2.63. The van der Waals surface area contributed by atoms with E-state index in [-0.39, 0.29) is 0 Å². The highest BCUT2D eigenvalue weighted by Crippen LogP contribution is 2.21. The molecule has 1 aliphatic rings. The predicted octanol–water partition coefficient (Wildman–Crippen LogP) is 1.97. The lowest BCUT2D eigenvalue weighted by Crippen LogP contribution is -2.40. The Bertz CT molecular complexity index is 589. The molecule has 5 heteroatoms. The van der Waals surface area contributed by atoms with Gasteiger partial charge < -0.3 is 10.6 Å². The van der Waals surface area contributed by atoms with Gasteiger partial charge in [0, 0.05) is 19.0 Å². The molecule has 0 bridgehead atoms. The molecule has 0 radical (unpaired) electrons. The molecule has 108 valence electrons. The Hall–Kier alpha value is -1.62. The van der Waals surface area contributed by atoms with Gasteiger partial charge in [-0.3, -0.25) is 0 Å². The number of hydrogen-bond donors (Lipinski definition) is 1. The number of pyridine rings is 1. The van der Waals surface area contributed by atoms with E-state index in [0.29, 0.717) is 17.8 Å². The molecule has 1 atom stereocenters. The van der Waals surface area contributed by atoms with E-state index in [1.807, 2.05) is 18.2 Å². The number of anilines is 1. The second kappa shape index (κ2) is 5.40. The summed E-state index contributed by atoms with van der Waals surface area (Å²) >= 11 is 0. The summed E-state index contributed by atoms with van der Waals surface area (Å²) in [7, 11) is 0. The van der Waals surface area contributed by atoms with E-state index < -0.39 is 0 Å². The van der Waals surface area contributed by atoms with E-state index in [2.05, 4.69) is 28.8 Å². The van der Waals surface area contributed by atoms with Gasteiger partial charge in [-0.2, -0.15) is 4.52 Å². The van der Waals surface area contributed by atoms with Crippen LogP contribution < -0.4 is 5.73 Å². The number of nitrogen functional groups attached to an aromatic ring is 1. The fraction of sp³-hybridized carbons (Fsp3) is 0.600. The maximum Gasteiger partial charge on any atom is 0.157 e. The van der Waals surface area contributed by atoms with Gasteiger partial charge in [-0.05, 0) is 51.3 Å². The van der Waals surface area contributed by atoms with Gasteiger partial charge in [-0.15, -0.1) is 5.10 Å². The molecule has 1 saturated heterocycles. The topological polar surface area (TPSA) is 59.5 Å². The number of likely N-dealkylation sites (tertiary alicyclic amines) is 1. The lowest BCUT2D eigenvalue weighted by atomic mass is 9.94. The average molecular weight is 273 g/mol. The van der Waals surface area contributed by atoms with Crippen LogP contribution in [0.5, 0.6) is 0 Å². The maximum atomic E-state index is 5.92. The molecule has 1 fully saturated rings. The number of nitrogens with two attached hydrogens (primary N) is 1. The summed E-state index contributed by atoms with van der Waals surface area (Å²) in [5.74, 6) is 2.22. The molecule has 3 heterocycles. The predicted molar refractivity (Wildman–Crippen MR) is 80.5 cm³/mol. The molecule has 2 aromatic heterocycles. The number of hydrogen-bond acceptors (Lipinski definition) is 4. The number of piperidine rings is 1. The van der Waals surface area contributed by atoms with E-state index in [4.69, 9.17) is 5.73 Å². The highest BCUT2D eigenvalue weighted by atomic mass is 15.3. The molecule has 0 saturated carbocycles. The van der Waals surface area contributed by atoms with Gasteiger partial charge in [-0.25, -0.2) is 4.98 Å². The molecule has 1 unspecified atom stereocenters. The van der Waals surface area contributed by atoms with Crippen molar-refractivity contribution in [3.63, 3.8) is 0 Å². The monoisotopic (exact) mass is 273 g/mol. The smallest absolute Gasteiger partial charge is 0.157 e. The Kier molecular flexibility index (Phi) is 3.61. The summed E-state index contributed by atoms with van der Waals surface area (Å²) < 4.78 is 1.73. The van der Waals surface area contributed by atoms with Crippen molar-refractivity contribution in [1.29, 1.82) is 0 Å². The SMILES string of the molecule is CC(C)N1CCCC(Cc2nc3cccc(N)n3n2)C1. The van der Waals surface area contributed by atoms with Gasteiger partial charge in [0.15, 0.2) is 11.5 Å². The quantitative estimate of drug-likeness (QED) is 0.929. The summed E-state index contributed by atoms with van der Waals surface area (Å²) in [6, 6.07) is 6.35. The van der Waals surface area contributed by atoms with Crippen LogP contribution in [-0.4, -0.2) is 38.6 Å². The molecule has 0 aliphatic carbocycles. The number of nitrogens with zero attached hydrogens (tertiary/aromatic N) is 4. The molecule has 3 rings (SSSR count). The minimum absolute atomic E-state index is 0.627. The van der Waals surface area contributed by atoms with Crippen molar-refractivity contribution in [1.82, 2.24) is 19.5 Å². The molecule has 5 nitrogen and oxygen atoms in total. The molecule has 20 heavy (non-hydrogen) atoms. The van der Waals surface area contributed by atoms with Crippen LogP contribution in [-0.2, 0) is 6.42 Å². The lowest BCUT2D eigenvalue weighted by Gasteiger charge is -2.35. The van der Waals surface area contributed by atoms with E-state index in [1.165, 1.54) is 19.4 Å². The molecule has 1 aliphatic heterocycles. The summed E-state index contributed by atoms with van der Waals surface area (Å²) in [4.78, 5) is 7.14. The van der Waals surface area contributed by atoms with Gasteiger partial charge in [0.2, 0.25) is 0 Å². The lowest BCUT2D eigenvalue weighted by molar-refractivity contribution is 0.138. The van der Waals surface area contributed by atoms with Gasteiger partial charge in [-0.1, -0.05) is 6.07 Å². The first-order valence-electron chi connectivity index (χ1n) is 7.47. The second-order valence-corrected chi connectivity index (χ2v) is 6.05. The molecular formula is C15H23N5. The first-order valence-corrected chi connectivity index (χ1v) is 7.47. The molecule has 2 aromatic rings. The third-order valence-corrected chi connectivity index (χ3v) is 4.18. The van der Waals surface area contributed by atoms with Crippen LogP contribution in [0, 0.1) is 5.92 Å². The standard InChI is InChI=1S/C15H23N5/c1-11(2)19-8-4-5-12(10-19)9-14-17-15-7-3-6-13(16)20(15)18-14/h3,6-7,11-12H,4-5,8-10,16H2,1-2H3. The highest BCUT2D eigenvalue weighted by Gasteiger charge is 2.23. The zero-order valence-corrected chi connectivity index (χ0v) is 12.3. The average Bonchev–Trinajstić information content (AvgIpc) is 2.83. The number of fused-ring (bicyclic) bond motifs is 1. The Morgan fingerprint density at radius 2 is 2.25 bits per heavy atom. The van der Waals surface area contributed by atoms with E-state index in [1.54, 1.807) is 4.52 Å². The van der Waals surface area contributed by atoms with Gasteiger partial charge in [0.05, 0.1) is 0 Å². The van der Waals surface area contributed by atoms with Crippen molar-refractivity contribution in [2.45, 2.75) is 39.2 Å². The van der Waals surface area contributed by atoms with Crippen molar-refractivity contribution in [2.24, 2.45) is 5.92 Å². The Morgan fingerprint density at radius 1 is 1.40 bits per heavy atom. The van der Waals surface area contributed by atoms with Crippen molar-refractivity contribution in [3.8, 4) is 0 Å². The first kappa shape index (κ1) is 13.4. The second-order valence-electron chi connectivity index (χ2n) is 6.05. The minimum Gasteiger partial charge on any atom is -0.384 e. The Morgan fingerprint density at radius 3 is 3.00 bits per heavy atom. The zero-order valence-electron chi connectivity index (χ0n) is 12.3. The fourth-order valence-electron chi connectivity index (χ4n) is 3.05. The summed E-state index contributed by atoms with van der Waals surface area (Å²) in [6.45, 7) is 6.92. The van der Waals surface area contributed by atoms with Crippen LogP contribution in [0.25, 0.3) is 5.65 Å². The fourth-order valence-corrected chi connectivity index (χ4v) is 3.05. The van der Waals surface area contributed by atoms with Gasteiger partial charge >= 0.3 is 0 Å². The number of rotatable bonds is 3. The van der Waals surface area contributed by atoms with Crippen LogP contribution in [0.1, 0.15) is 32.5 Å². The normalized spacial score (nSPS) is 20.9.